The molecule has 0 spiro atoms. The largest absolute Gasteiger partial charge is 0.456 e. The van der Waals surface area contributed by atoms with Crippen molar-refractivity contribution in [3.63, 3.8) is 0 Å². The number of benzene rings is 2. The number of hydrogen-bond donors (Lipinski definition) is 0. The van der Waals surface area contributed by atoms with Gasteiger partial charge in [0.2, 0.25) is 11.8 Å². The first-order chi connectivity index (χ1) is 23.8. The molecule has 1 fully saturated rings. The number of carbonyl (C=O) groups is 3. The van der Waals surface area contributed by atoms with Gasteiger partial charge in [-0.15, -0.1) is 0 Å². The van der Waals surface area contributed by atoms with Crippen LogP contribution >= 0.6 is 0 Å². The molecule has 0 saturated carbocycles. The van der Waals surface area contributed by atoms with Crippen LogP contribution in [0.25, 0.3) is 11.0 Å². The van der Waals surface area contributed by atoms with Crippen molar-refractivity contribution < 1.29 is 28.6 Å². The molecule has 2 aromatic heterocycles. The lowest BCUT2D eigenvalue weighted by molar-refractivity contribution is -0.141. The van der Waals surface area contributed by atoms with E-state index in [1.54, 1.807) is 50.1 Å². The lowest BCUT2D eigenvalue weighted by Crippen LogP contribution is -2.55. The second kappa shape index (κ2) is 14.4. The third-order valence-electron chi connectivity index (χ3n) is 9.11. The van der Waals surface area contributed by atoms with Crippen LogP contribution in [0.15, 0.2) is 67.0 Å². The zero-order valence-electron chi connectivity index (χ0n) is 30.0. The Morgan fingerprint density at radius 1 is 0.980 bits per heavy atom. The van der Waals surface area contributed by atoms with Crippen molar-refractivity contribution in [2.24, 2.45) is 0 Å². The van der Waals surface area contributed by atoms with E-state index in [4.69, 9.17) is 14.2 Å². The topological polar surface area (TPSA) is 103 Å². The van der Waals surface area contributed by atoms with Crippen LogP contribution in [0.1, 0.15) is 67.6 Å². The zero-order valence-corrected chi connectivity index (χ0v) is 31.0. The summed E-state index contributed by atoms with van der Waals surface area (Å²) in [6.07, 6.45) is 7.38. The summed E-state index contributed by atoms with van der Waals surface area (Å²) in [5.74, 6) is -0.259. The Hall–Kier alpha value is -4.48. The van der Waals surface area contributed by atoms with Crippen LogP contribution in [0, 0.1) is 0 Å². The molecule has 2 aliphatic rings. The van der Waals surface area contributed by atoms with Crippen molar-refractivity contribution in [2.75, 3.05) is 24.6 Å². The molecule has 2 amide bonds. The highest BCUT2D eigenvalue weighted by Gasteiger charge is 2.37. The van der Waals surface area contributed by atoms with Crippen LogP contribution in [-0.4, -0.2) is 65.6 Å². The van der Waals surface area contributed by atoms with Crippen molar-refractivity contribution in [1.29, 1.82) is 0 Å². The van der Waals surface area contributed by atoms with Gasteiger partial charge in [0.15, 0.2) is 0 Å². The molecular formula is C39H48N4O6Si. The minimum Gasteiger partial charge on any atom is -0.456 e. The van der Waals surface area contributed by atoms with Crippen molar-refractivity contribution >= 4 is 42.6 Å². The van der Waals surface area contributed by atoms with E-state index < -0.39 is 19.6 Å². The number of piperazine rings is 1. The van der Waals surface area contributed by atoms with Gasteiger partial charge in [-0.25, -0.2) is 9.78 Å². The Bertz CT molecular complexity index is 1890. The van der Waals surface area contributed by atoms with E-state index >= 15 is 0 Å². The summed E-state index contributed by atoms with van der Waals surface area (Å²) < 4.78 is 19.9. The monoisotopic (exact) mass is 696 g/mol. The summed E-state index contributed by atoms with van der Waals surface area (Å²) >= 11 is 0. The molecule has 50 heavy (non-hydrogen) atoms. The third kappa shape index (κ3) is 8.27. The number of aromatic nitrogens is 2. The molecule has 0 unspecified atom stereocenters. The number of fused-ring (bicyclic) bond motifs is 2. The highest BCUT2D eigenvalue weighted by atomic mass is 28.3. The lowest BCUT2D eigenvalue weighted by atomic mass is 9.97. The highest BCUT2D eigenvalue weighted by molar-refractivity contribution is 6.76. The fourth-order valence-corrected chi connectivity index (χ4v) is 7.28. The second-order valence-corrected chi connectivity index (χ2v) is 21.1. The molecule has 0 N–H and O–H groups in total. The van der Waals surface area contributed by atoms with E-state index in [2.05, 4.69) is 36.8 Å². The summed E-state index contributed by atoms with van der Waals surface area (Å²) in [5, 5.41) is 0.850. The van der Waals surface area contributed by atoms with Gasteiger partial charge in [-0.2, -0.15) is 0 Å². The second-order valence-electron chi connectivity index (χ2n) is 15.5. The first-order valence-corrected chi connectivity index (χ1v) is 21.2. The van der Waals surface area contributed by atoms with Gasteiger partial charge in [-0.3, -0.25) is 9.59 Å². The smallest absolute Gasteiger partial charge is 0.342 e. The predicted molar refractivity (Wildman–Crippen MR) is 196 cm³/mol. The van der Waals surface area contributed by atoms with Crippen LogP contribution in [0.5, 0.6) is 11.5 Å². The van der Waals surface area contributed by atoms with E-state index in [0.717, 1.165) is 48.3 Å². The SMILES string of the molecule is CC(C)(C)OC(=O)c1ccc(N2CC(=O)N([C@@H]3CCCCc4ccccc43)CC2=O)cc1Oc1cnc2c(ccn2COCC[Si](C)(C)C)c1. The van der Waals surface area contributed by atoms with Crippen LogP contribution in [-0.2, 0) is 32.2 Å². The number of ether oxygens (including phenoxy) is 3. The molecule has 4 aromatic rings. The summed E-state index contributed by atoms with van der Waals surface area (Å²) in [6, 6.07) is 17.9. The fourth-order valence-electron chi connectivity index (χ4n) is 6.52. The first kappa shape index (κ1) is 35.3. The molecule has 1 saturated heterocycles. The highest BCUT2D eigenvalue weighted by Crippen LogP contribution is 2.37. The molecule has 6 rings (SSSR count). The molecule has 0 radical (unpaired) electrons. The van der Waals surface area contributed by atoms with Gasteiger partial charge in [-0.1, -0.05) is 50.3 Å². The Labute approximate surface area is 295 Å². The molecule has 1 atom stereocenters. The number of amides is 2. The van der Waals surface area contributed by atoms with Gasteiger partial charge in [-0.05, 0) is 81.5 Å². The molecule has 11 heteroatoms. The number of hydrogen-bond acceptors (Lipinski definition) is 7. The summed E-state index contributed by atoms with van der Waals surface area (Å²) in [4.78, 5) is 48.7. The predicted octanol–water partition coefficient (Wildman–Crippen LogP) is 7.74. The number of esters is 1. The van der Waals surface area contributed by atoms with Crippen molar-refractivity contribution in [1.82, 2.24) is 14.5 Å². The number of carbonyl (C=O) groups excluding carboxylic acids is 3. The van der Waals surface area contributed by atoms with Gasteiger partial charge < -0.3 is 28.6 Å². The Balaban J connectivity index is 1.24. The van der Waals surface area contributed by atoms with E-state index in [1.807, 2.05) is 35.0 Å². The number of rotatable bonds is 10. The molecule has 2 aromatic carbocycles. The van der Waals surface area contributed by atoms with Crippen LogP contribution in [0.4, 0.5) is 5.69 Å². The van der Waals surface area contributed by atoms with Gasteiger partial charge >= 0.3 is 5.97 Å². The number of pyridine rings is 1. The van der Waals surface area contributed by atoms with Gasteiger partial charge in [0.25, 0.3) is 0 Å². The number of nitrogens with zero attached hydrogens (tertiary/aromatic N) is 4. The average molecular weight is 697 g/mol. The summed E-state index contributed by atoms with van der Waals surface area (Å²) in [7, 11) is -1.19. The molecule has 10 nitrogen and oxygen atoms in total. The van der Waals surface area contributed by atoms with Crippen molar-refractivity contribution in [3.8, 4) is 11.5 Å². The van der Waals surface area contributed by atoms with Crippen molar-refractivity contribution in [3.05, 3.63) is 83.7 Å². The van der Waals surface area contributed by atoms with Gasteiger partial charge in [0.1, 0.15) is 48.1 Å². The van der Waals surface area contributed by atoms with Gasteiger partial charge in [0.05, 0.1) is 12.2 Å². The van der Waals surface area contributed by atoms with Crippen LogP contribution in [0.3, 0.4) is 0 Å². The Morgan fingerprint density at radius 2 is 1.78 bits per heavy atom. The average Bonchev–Trinajstić information content (AvgIpc) is 3.32. The maximum Gasteiger partial charge on any atom is 0.342 e. The van der Waals surface area contributed by atoms with E-state index in [1.165, 1.54) is 10.5 Å². The molecular weight excluding hydrogens is 649 g/mol. The lowest BCUT2D eigenvalue weighted by Gasteiger charge is -2.39. The van der Waals surface area contributed by atoms with E-state index in [-0.39, 0.29) is 42.3 Å². The molecule has 1 aliphatic carbocycles. The zero-order chi connectivity index (χ0) is 35.6. The first-order valence-electron chi connectivity index (χ1n) is 17.5. The van der Waals surface area contributed by atoms with Gasteiger partial charge in [0, 0.05) is 38.0 Å². The minimum absolute atomic E-state index is 0.0265. The molecule has 3 heterocycles. The Morgan fingerprint density at radius 3 is 2.56 bits per heavy atom. The van der Waals surface area contributed by atoms with Crippen LogP contribution in [0.2, 0.25) is 25.7 Å². The standard InChI is InChI=1S/C39H48N4O6Si/c1-39(2,3)49-38(46)32-16-15-29(42-24-36(45)43(25-35(42)44)33-14-10-8-12-27-11-7-9-13-31(27)33)22-34(32)48-30-21-28-17-18-41(37(28)40-23-30)26-47-19-20-50(4,5)6/h7,9,11,13,15-18,21-23,33H,8,10,12,14,19-20,24-26H2,1-6H3/t33-/m1/s1. The maximum atomic E-state index is 13.7. The van der Waals surface area contributed by atoms with Crippen molar-refractivity contribution in [2.45, 2.75) is 90.5 Å². The van der Waals surface area contributed by atoms with E-state index in [0.29, 0.717) is 24.8 Å². The number of anilines is 1. The summed E-state index contributed by atoms with van der Waals surface area (Å²) in [5.41, 5.74) is 3.05. The van der Waals surface area contributed by atoms with E-state index in [9.17, 15) is 14.4 Å². The quantitative estimate of drug-likeness (QED) is 0.0724. The number of aryl methyl sites for hydroxylation is 1. The normalized spacial score (nSPS) is 17.1. The van der Waals surface area contributed by atoms with Crippen LogP contribution < -0.4 is 9.64 Å². The fraction of sp³-hybridized carbons (Fsp3) is 0.436. The maximum absolute atomic E-state index is 13.7. The molecule has 1 aliphatic heterocycles. The third-order valence-corrected chi connectivity index (χ3v) is 10.8. The summed E-state index contributed by atoms with van der Waals surface area (Å²) in [6.45, 7) is 13.3. The minimum atomic E-state index is -1.19. The molecule has 264 valence electrons. The molecule has 0 bridgehead atoms. The Kier molecular flexibility index (Phi) is 10.2.